The van der Waals surface area contributed by atoms with Crippen LogP contribution in [-0.2, 0) is 0 Å². The normalized spacial score (nSPS) is 10.8. The van der Waals surface area contributed by atoms with Crippen molar-refractivity contribution in [2.24, 2.45) is 0 Å². The highest BCUT2D eigenvalue weighted by atomic mass is 19.1. The number of anilines is 1. The van der Waals surface area contributed by atoms with Crippen molar-refractivity contribution in [1.29, 1.82) is 0 Å². The van der Waals surface area contributed by atoms with Crippen LogP contribution in [0.2, 0.25) is 0 Å². The van der Waals surface area contributed by atoms with Gasteiger partial charge in [0.1, 0.15) is 18.1 Å². The van der Waals surface area contributed by atoms with Crippen LogP contribution in [-0.4, -0.2) is 29.7 Å². The van der Waals surface area contributed by atoms with E-state index < -0.39 is 6.67 Å². The van der Waals surface area contributed by atoms with Gasteiger partial charge in [0.15, 0.2) is 0 Å². The number of hydrogen-bond donors (Lipinski definition) is 1. The summed E-state index contributed by atoms with van der Waals surface area (Å²) in [6, 6.07) is 11.6. The largest absolute Gasteiger partial charge is 0.496 e. The Morgan fingerprint density at radius 2 is 2.14 bits per heavy atom. The highest BCUT2D eigenvalue weighted by molar-refractivity contribution is 5.70. The first-order valence-electron chi connectivity index (χ1n) is 6.74. The number of nitrogens with zero attached hydrogens (tertiary/aromatic N) is 2. The van der Waals surface area contributed by atoms with Gasteiger partial charge in [-0.1, -0.05) is 12.1 Å². The van der Waals surface area contributed by atoms with Crippen LogP contribution >= 0.6 is 0 Å². The maximum atomic E-state index is 12.2. The summed E-state index contributed by atoms with van der Waals surface area (Å²) >= 11 is 0. The molecule has 0 bridgehead atoms. The Kier molecular flexibility index (Phi) is 3.73. The minimum Gasteiger partial charge on any atom is -0.496 e. The molecule has 108 valence electrons. The Balaban J connectivity index is 2.00. The minimum absolute atomic E-state index is 0.302. The summed E-state index contributed by atoms with van der Waals surface area (Å²) in [5.41, 5.74) is 3.45. The Bertz CT molecular complexity index is 754. The van der Waals surface area contributed by atoms with E-state index in [1.807, 2.05) is 53.2 Å². The molecule has 0 aliphatic rings. The number of benzene rings is 1. The summed E-state index contributed by atoms with van der Waals surface area (Å²) in [5.74, 6) is 0.789. The predicted molar refractivity (Wildman–Crippen MR) is 81.6 cm³/mol. The lowest BCUT2D eigenvalue weighted by molar-refractivity contribution is 0.416. The average Bonchev–Trinajstić information content (AvgIpc) is 2.95. The van der Waals surface area contributed by atoms with Crippen molar-refractivity contribution in [2.75, 3.05) is 25.6 Å². The van der Waals surface area contributed by atoms with Crippen molar-refractivity contribution >= 4 is 11.3 Å². The number of ether oxygens (including phenoxy) is 1. The molecule has 2 aromatic heterocycles. The van der Waals surface area contributed by atoms with Crippen LogP contribution in [0.3, 0.4) is 0 Å². The zero-order chi connectivity index (χ0) is 14.7. The quantitative estimate of drug-likeness (QED) is 0.781. The molecule has 4 nitrogen and oxygen atoms in total. The van der Waals surface area contributed by atoms with E-state index in [9.17, 15) is 4.39 Å². The molecule has 0 radical (unpaired) electrons. The monoisotopic (exact) mass is 285 g/mol. The van der Waals surface area contributed by atoms with Crippen molar-refractivity contribution in [2.45, 2.75) is 0 Å². The predicted octanol–water partition coefficient (Wildman–Crippen LogP) is 3.39. The molecular weight excluding hydrogens is 269 g/mol. The first-order chi connectivity index (χ1) is 10.3. The molecular formula is C16H16FN3O. The molecule has 0 saturated carbocycles. The van der Waals surface area contributed by atoms with Gasteiger partial charge in [-0.15, -0.1) is 0 Å². The molecule has 0 aliphatic carbocycles. The average molecular weight is 285 g/mol. The summed E-state index contributed by atoms with van der Waals surface area (Å²) in [6.07, 6.45) is 3.86. The second kappa shape index (κ2) is 5.83. The van der Waals surface area contributed by atoms with Gasteiger partial charge in [-0.2, -0.15) is 0 Å². The second-order valence-electron chi connectivity index (χ2n) is 4.62. The Hall–Kier alpha value is -2.56. The number of fused-ring (bicyclic) bond motifs is 1. The Morgan fingerprint density at radius 3 is 2.95 bits per heavy atom. The molecule has 1 aromatic carbocycles. The first-order valence-corrected chi connectivity index (χ1v) is 6.74. The fourth-order valence-corrected chi connectivity index (χ4v) is 2.27. The summed E-state index contributed by atoms with van der Waals surface area (Å²) < 4.78 is 19.5. The number of pyridine rings is 1. The summed E-state index contributed by atoms with van der Waals surface area (Å²) in [7, 11) is 1.65. The van der Waals surface area contributed by atoms with Crippen molar-refractivity contribution in [3.63, 3.8) is 0 Å². The van der Waals surface area contributed by atoms with Crippen LogP contribution in [0.25, 0.3) is 16.9 Å². The standard InChI is InChI=1S/C16H16FN3O/c1-21-15-5-3-2-4-13(15)14-11-20-9-6-12(18-8-7-17)10-16(20)19-14/h2-6,9-11,18H,7-8H2,1H3. The lowest BCUT2D eigenvalue weighted by atomic mass is 10.1. The van der Waals surface area contributed by atoms with Crippen LogP contribution < -0.4 is 10.1 Å². The Morgan fingerprint density at radius 1 is 1.29 bits per heavy atom. The molecule has 0 unspecified atom stereocenters. The maximum Gasteiger partial charge on any atom is 0.139 e. The van der Waals surface area contributed by atoms with Gasteiger partial charge < -0.3 is 14.5 Å². The number of imidazole rings is 1. The van der Waals surface area contributed by atoms with E-state index >= 15 is 0 Å². The van der Waals surface area contributed by atoms with Crippen molar-refractivity contribution in [1.82, 2.24) is 9.38 Å². The van der Waals surface area contributed by atoms with Crippen molar-refractivity contribution in [3.8, 4) is 17.0 Å². The number of rotatable bonds is 5. The zero-order valence-corrected chi connectivity index (χ0v) is 11.7. The summed E-state index contributed by atoms with van der Waals surface area (Å²) in [5, 5.41) is 3.01. The second-order valence-corrected chi connectivity index (χ2v) is 4.62. The number of hydrogen-bond acceptors (Lipinski definition) is 3. The van der Waals surface area contributed by atoms with E-state index in [0.717, 1.165) is 28.3 Å². The summed E-state index contributed by atoms with van der Waals surface area (Å²) in [4.78, 5) is 4.61. The van der Waals surface area contributed by atoms with Gasteiger partial charge in [-0.25, -0.2) is 9.37 Å². The van der Waals surface area contributed by atoms with Gasteiger partial charge in [0.25, 0.3) is 0 Å². The van der Waals surface area contributed by atoms with Crippen LogP contribution in [0.1, 0.15) is 0 Å². The van der Waals surface area contributed by atoms with Crippen LogP contribution in [0.5, 0.6) is 5.75 Å². The van der Waals surface area contributed by atoms with Crippen molar-refractivity contribution < 1.29 is 9.13 Å². The fraction of sp³-hybridized carbons (Fsp3) is 0.188. The molecule has 2 heterocycles. The van der Waals surface area contributed by atoms with Gasteiger partial charge in [-0.3, -0.25) is 0 Å². The lowest BCUT2D eigenvalue weighted by Gasteiger charge is -2.04. The summed E-state index contributed by atoms with van der Waals surface area (Å²) in [6.45, 7) is -0.0949. The van der Waals surface area contributed by atoms with Gasteiger partial charge in [0, 0.05) is 36.3 Å². The van der Waals surface area contributed by atoms with Crippen LogP contribution in [0.15, 0.2) is 48.8 Å². The third-order valence-electron chi connectivity index (χ3n) is 3.27. The smallest absolute Gasteiger partial charge is 0.139 e. The van der Waals surface area contributed by atoms with Gasteiger partial charge in [-0.05, 0) is 18.2 Å². The number of methoxy groups -OCH3 is 1. The molecule has 5 heteroatoms. The van der Waals surface area contributed by atoms with E-state index in [0.29, 0.717) is 6.54 Å². The third kappa shape index (κ3) is 2.67. The van der Waals surface area contributed by atoms with Gasteiger partial charge in [0.2, 0.25) is 0 Å². The van der Waals surface area contributed by atoms with Crippen LogP contribution in [0, 0.1) is 0 Å². The molecule has 0 aliphatic heterocycles. The fourth-order valence-electron chi connectivity index (χ4n) is 2.27. The zero-order valence-electron chi connectivity index (χ0n) is 11.7. The molecule has 21 heavy (non-hydrogen) atoms. The van der Waals surface area contributed by atoms with Crippen molar-refractivity contribution in [3.05, 3.63) is 48.8 Å². The highest BCUT2D eigenvalue weighted by Crippen LogP contribution is 2.29. The SMILES string of the molecule is COc1ccccc1-c1cn2ccc(NCCF)cc2n1. The van der Waals surface area contributed by atoms with E-state index in [2.05, 4.69) is 10.3 Å². The van der Waals surface area contributed by atoms with E-state index in [1.165, 1.54) is 0 Å². The number of halogens is 1. The molecule has 0 atom stereocenters. The molecule has 0 amide bonds. The van der Waals surface area contributed by atoms with Gasteiger partial charge in [0.05, 0.1) is 12.8 Å². The Labute approximate surface area is 122 Å². The number of para-hydroxylation sites is 1. The molecule has 0 spiro atoms. The minimum atomic E-state index is -0.397. The molecule has 1 N–H and O–H groups in total. The van der Waals surface area contributed by atoms with Gasteiger partial charge >= 0.3 is 0 Å². The molecule has 0 saturated heterocycles. The highest BCUT2D eigenvalue weighted by Gasteiger charge is 2.09. The topological polar surface area (TPSA) is 38.6 Å². The lowest BCUT2D eigenvalue weighted by Crippen LogP contribution is -2.02. The molecule has 3 aromatic rings. The first kappa shape index (κ1) is 13.4. The third-order valence-corrected chi connectivity index (χ3v) is 3.27. The number of aromatic nitrogens is 2. The van der Waals surface area contributed by atoms with E-state index in [-0.39, 0.29) is 0 Å². The number of alkyl halides is 1. The van der Waals surface area contributed by atoms with E-state index in [1.54, 1.807) is 7.11 Å². The van der Waals surface area contributed by atoms with E-state index in [4.69, 9.17) is 4.74 Å². The number of nitrogens with one attached hydrogen (secondary N) is 1. The van der Waals surface area contributed by atoms with Crippen LogP contribution in [0.4, 0.5) is 10.1 Å². The maximum absolute atomic E-state index is 12.2. The molecule has 3 rings (SSSR count). The molecule has 0 fully saturated rings.